The van der Waals surface area contributed by atoms with Crippen LogP contribution in [0.4, 0.5) is 4.39 Å². The Hall–Kier alpha value is -2.78. The fraction of sp³-hybridized carbons (Fsp3) is 0.318. The summed E-state index contributed by atoms with van der Waals surface area (Å²) in [5, 5.41) is 3.83. The third kappa shape index (κ3) is 4.83. The first-order valence-corrected chi connectivity index (χ1v) is 12.4. The van der Waals surface area contributed by atoms with E-state index in [4.69, 9.17) is 11.6 Å². The molecule has 1 aliphatic rings. The van der Waals surface area contributed by atoms with Gasteiger partial charge in [0.05, 0.1) is 34.6 Å². The van der Waals surface area contributed by atoms with Crippen LogP contribution in [0.3, 0.4) is 0 Å². The zero-order valence-corrected chi connectivity index (χ0v) is 19.1. The van der Waals surface area contributed by atoms with Gasteiger partial charge in [-0.05, 0) is 43.4 Å². The number of nitrogens with one attached hydrogen (secondary N) is 1. The van der Waals surface area contributed by atoms with E-state index in [2.05, 4.69) is 15.3 Å². The Morgan fingerprint density at radius 3 is 2.78 bits per heavy atom. The van der Waals surface area contributed by atoms with Gasteiger partial charge in [-0.3, -0.25) is 4.79 Å². The Bertz CT molecular complexity index is 1320. The van der Waals surface area contributed by atoms with Crippen LogP contribution >= 0.6 is 11.6 Å². The average Bonchev–Trinajstić information content (AvgIpc) is 3.48. The Balaban J connectivity index is 1.62. The van der Waals surface area contributed by atoms with Crippen molar-refractivity contribution in [1.29, 1.82) is 0 Å². The minimum absolute atomic E-state index is 0.103. The van der Waals surface area contributed by atoms with Crippen molar-refractivity contribution in [2.75, 3.05) is 6.26 Å². The van der Waals surface area contributed by atoms with Crippen LogP contribution in [0, 0.1) is 11.7 Å². The minimum atomic E-state index is -3.28. The van der Waals surface area contributed by atoms with E-state index in [9.17, 15) is 17.6 Å². The lowest BCUT2D eigenvalue weighted by atomic mass is 10.0. The summed E-state index contributed by atoms with van der Waals surface area (Å²) in [6.45, 7) is 1.66. The second-order valence-corrected chi connectivity index (χ2v) is 10.4. The predicted octanol–water partition coefficient (Wildman–Crippen LogP) is 3.90. The Labute approximate surface area is 190 Å². The Morgan fingerprint density at radius 2 is 2.09 bits per heavy atom. The maximum atomic E-state index is 14.1. The number of halogens is 2. The molecule has 0 bridgehead atoms. The standard InChI is InChI=1S/C22H22ClFN4O3S/c1-13(8-9-32(2,30)31)27-22(29)18-10-17-19(11-25-18)28(12-26-17)21(14-6-7-14)15-4-3-5-16(24)20(15)23/h3-5,8-14,21H,6-7H2,1-2H3,(H,27,29)/b9-8+/t13-,21+/m1/s1. The van der Waals surface area contributed by atoms with Crippen molar-refractivity contribution in [3.05, 3.63) is 70.4 Å². The molecule has 10 heteroatoms. The van der Waals surface area contributed by atoms with Gasteiger partial charge in [0.1, 0.15) is 11.5 Å². The molecular weight excluding hydrogens is 455 g/mol. The number of sulfone groups is 1. The predicted molar refractivity (Wildman–Crippen MR) is 121 cm³/mol. The van der Waals surface area contributed by atoms with Crippen LogP contribution in [0.1, 0.15) is 41.9 Å². The molecule has 32 heavy (non-hydrogen) atoms. The van der Waals surface area contributed by atoms with Crippen molar-refractivity contribution in [1.82, 2.24) is 19.9 Å². The smallest absolute Gasteiger partial charge is 0.270 e. The van der Waals surface area contributed by atoms with E-state index < -0.39 is 27.6 Å². The summed E-state index contributed by atoms with van der Waals surface area (Å²) in [6, 6.07) is 5.70. The molecule has 0 aliphatic heterocycles. The summed E-state index contributed by atoms with van der Waals surface area (Å²) >= 11 is 6.28. The molecule has 7 nitrogen and oxygen atoms in total. The first kappa shape index (κ1) is 22.4. The van der Waals surface area contributed by atoms with Gasteiger partial charge in [-0.25, -0.2) is 22.8 Å². The van der Waals surface area contributed by atoms with Crippen molar-refractivity contribution in [2.24, 2.45) is 5.92 Å². The lowest BCUT2D eigenvalue weighted by Crippen LogP contribution is -2.31. The summed E-state index contributed by atoms with van der Waals surface area (Å²) in [4.78, 5) is 21.2. The maximum Gasteiger partial charge on any atom is 0.270 e. The molecular formula is C22H22ClFN4O3S. The van der Waals surface area contributed by atoms with Crippen molar-refractivity contribution in [2.45, 2.75) is 31.8 Å². The molecule has 0 unspecified atom stereocenters. The number of carbonyl (C=O) groups excluding carboxylic acids is 1. The molecule has 0 saturated heterocycles. The number of carbonyl (C=O) groups is 1. The summed E-state index contributed by atoms with van der Waals surface area (Å²) in [7, 11) is -3.28. The summed E-state index contributed by atoms with van der Waals surface area (Å²) in [5.41, 5.74) is 2.14. The molecule has 1 aromatic carbocycles. The molecule has 1 amide bonds. The van der Waals surface area contributed by atoms with E-state index in [-0.39, 0.29) is 16.8 Å². The van der Waals surface area contributed by atoms with Gasteiger partial charge in [0.15, 0.2) is 9.84 Å². The SMILES string of the molecule is C[C@H](/C=C/S(C)(=O)=O)NC(=O)c1cc2ncn([C@H](c3cccc(F)c3Cl)C3CC3)c2cn1. The molecule has 4 rings (SSSR count). The molecule has 2 atom stereocenters. The van der Waals surface area contributed by atoms with Crippen LogP contribution in [0.15, 0.2) is 48.3 Å². The van der Waals surface area contributed by atoms with Crippen molar-refractivity contribution in [3.8, 4) is 0 Å². The highest BCUT2D eigenvalue weighted by Gasteiger charge is 2.36. The van der Waals surface area contributed by atoms with Crippen LogP contribution in [-0.4, -0.2) is 41.2 Å². The number of nitrogens with zero attached hydrogens (tertiary/aromatic N) is 3. The number of imidazole rings is 1. The molecule has 2 heterocycles. The molecule has 1 saturated carbocycles. The minimum Gasteiger partial charge on any atom is -0.345 e. The highest BCUT2D eigenvalue weighted by atomic mass is 35.5. The van der Waals surface area contributed by atoms with E-state index in [0.717, 1.165) is 24.5 Å². The normalized spacial score (nSPS) is 16.4. The average molecular weight is 477 g/mol. The van der Waals surface area contributed by atoms with E-state index in [0.29, 0.717) is 22.5 Å². The molecule has 2 aromatic heterocycles. The van der Waals surface area contributed by atoms with Crippen LogP contribution in [0.2, 0.25) is 5.02 Å². The first-order chi connectivity index (χ1) is 15.1. The number of amides is 1. The van der Waals surface area contributed by atoms with E-state index in [1.807, 2.05) is 10.6 Å². The van der Waals surface area contributed by atoms with E-state index in [1.165, 1.54) is 12.1 Å². The lowest BCUT2D eigenvalue weighted by molar-refractivity contribution is 0.0942. The van der Waals surface area contributed by atoms with Crippen LogP contribution < -0.4 is 5.32 Å². The zero-order chi connectivity index (χ0) is 23.0. The fourth-order valence-electron chi connectivity index (χ4n) is 3.65. The van der Waals surface area contributed by atoms with Crippen LogP contribution in [-0.2, 0) is 9.84 Å². The fourth-order valence-corrected chi connectivity index (χ4v) is 4.41. The molecule has 3 aromatic rings. The van der Waals surface area contributed by atoms with Gasteiger partial charge < -0.3 is 9.88 Å². The topological polar surface area (TPSA) is 94.0 Å². The van der Waals surface area contributed by atoms with Gasteiger partial charge in [0.25, 0.3) is 5.91 Å². The van der Waals surface area contributed by atoms with Crippen molar-refractivity contribution < 1.29 is 17.6 Å². The number of hydrogen-bond acceptors (Lipinski definition) is 5. The highest BCUT2D eigenvalue weighted by Crippen LogP contribution is 2.46. The highest BCUT2D eigenvalue weighted by molar-refractivity contribution is 7.93. The van der Waals surface area contributed by atoms with E-state index in [1.54, 1.807) is 31.6 Å². The largest absolute Gasteiger partial charge is 0.345 e. The monoisotopic (exact) mass is 476 g/mol. The van der Waals surface area contributed by atoms with Gasteiger partial charge in [0, 0.05) is 17.7 Å². The second kappa shape index (κ2) is 8.63. The second-order valence-electron chi connectivity index (χ2n) is 8.06. The number of benzene rings is 1. The summed E-state index contributed by atoms with van der Waals surface area (Å²) in [5.74, 6) is -0.591. The summed E-state index contributed by atoms with van der Waals surface area (Å²) < 4.78 is 38.5. The van der Waals surface area contributed by atoms with Crippen molar-refractivity contribution >= 4 is 38.4 Å². The summed E-state index contributed by atoms with van der Waals surface area (Å²) in [6.07, 6.45) is 7.71. The quantitative estimate of drug-likeness (QED) is 0.558. The van der Waals surface area contributed by atoms with Gasteiger partial charge in [-0.2, -0.15) is 0 Å². The van der Waals surface area contributed by atoms with Crippen LogP contribution in [0.5, 0.6) is 0 Å². The molecule has 1 fully saturated rings. The third-order valence-electron chi connectivity index (χ3n) is 5.34. The van der Waals surface area contributed by atoms with Gasteiger partial charge in [-0.15, -0.1) is 0 Å². The number of aromatic nitrogens is 3. The molecule has 1 aliphatic carbocycles. The Kier molecular flexibility index (Phi) is 6.05. The molecule has 0 radical (unpaired) electrons. The molecule has 168 valence electrons. The van der Waals surface area contributed by atoms with Gasteiger partial charge in [-0.1, -0.05) is 29.8 Å². The van der Waals surface area contributed by atoms with Crippen LogP contribution in [0.25, 0.3) is 11.0 Å². The van der Waals surface area contributed by atoms with Crippen molar-refractivity contribution in [3.63, 3.8) is 0 Å². The zero-order valence-electron chi connectivity index (χ0n) is 17.5. The molecule has 0 spiro atoms. The number of rotatable bonds is 7. The van der Waals surface area contributed by atoms with Gasteiger partial charge in [0.2, 0.25) is 0 Å². The lowest BCUT2D eigenvalue weighted by Gasteiger charge is -2.21. The molecule has 1 N–H and O–H groups in total. The maximum absolute atomic E-state index is 14.1. The Morgan fingerprint density at radius 1 is 1.34 bits per heavy atom. The third-order valence-corrected chi connectivity index (χ3v) is 6.39. The number of fused-ring (bicyclic) bond motifs is 1. The number of hydrogen-bond donors (Lipinski definition) is 1. The first-order valence-electron chi connectivity index (χ1n) is 10.1. The van der Waals surface area contributed by atoms with Gasteiger partial charge >= 0.3 is 0 Å². The number of pyridine rings is 1. The van der Waals surface area contributed by atoms with E-state index >= 15 is 0 Å².